The fourth-order valence-corrected chi connectivity index (χ4v) is 4.12. The minimum atomic E-state index is -3.36. The molecule has 0 bridgehead atoms. The Kier molecular flexibility index (Phi) is 3.79. The van der Waals surface area contributed by atoms with Crippen LogP contribution in [0.3, 0.4) is 0 Å². The summed E-state index contributed by atoms with van der Waals surface area (Å²) < 4.78 is 32.6. The van der Waals surface area contributed by atoms with Gasteiger partial charge in [-0.2, -0.15) is 4.37 Å². The van der Waals surface area contributed by atoms with E-state index in [-0.39, 0.29) is 16.8 Å². The molecule has 0 spiro atoms. The molecule has 0 saturated carbocycles. The number of nitrogens with one attached hydrogen (secondary N) is 1. The van der Waals surface area contributed by atoms with E-state index >= 15 is 0 Å². The van der Waals surface area contributed by atoms with Crippen LogP contribution in [0.5, 0.6) is 0 Å². The highest BCUT2D eigenvalue weighted by atomic mass is 32.2. The highest BCUT2D eigenvalue weighted by Crippen LogP contribution is 2.33. The number of ether oxygens (including phenoxy) is 1. The zero-order valence-corrected chi connectivity index (χ0v) is 12.0. The second-order valence-electron chi connectivity index (χ2n) is 4.59. The molecule has 8 heteroatoms. The van der Waals surface area contributed by atoms with Crippen molar-refractivity contribution in [2.45, 2.75) is 24.3 Å². The fraction of sp³-hybridized carbons (Fsp3) is 0.700. The Balaban J connectivity index is 2.24. The molecule has 1 aliphatic rings. The number of hydrogen-bond donors (Lipinski definition) is 2. The van der Waals surface area contributed by atoms with Gasteiger partial charge in [-0.3, -0.25) is 0 Å². The summed E-state index contributed by atoms with van der Waals surface area (Å²) in [6, 6.07) is 0.194. The monoisotopic (exact) mass is 291 g/mol. The van der Waals surface area contributed by atoms with E-state index in [1.807, 2.05) is 0 Å². The molecule has 18 heavy (non-hydrogen) atoms. The van der Waals surface area contributed by atoms with E-state index < -0.39 is 9.84 Å². The quantitative estimate of drug-likeness (QED) is 0.861. The zero-order valence-electron chi connectivity index (χ0n) is 10.3. The normalized spacial score (nSPS) is 25.0. The van der Waals surface area contributed by atoms with Gasteiger partial charge in [-0.1, -0.05) is 6.92 Å². The molecule has 1 saturated heterocycles. The third-order valence-corrected chi connectivity index (χ3v) is 5.08. The van der Waals surface area contributed by atoms with Gasteiger partial charge in [0.2, 0.25) is 0 Å². The lowest BCUT2D eigenvalue weighted by molar-refractivity contribution is 0.0538. The molecular weight excluding hydrogens is 274 g/mol. The van der Waals surface area contributed by atoms with E-state index in [1.54, 1.807) is 0 Å². The molecule has 1 aromatic rings. The molecule has 0 radical (unpaired) electrons. The smallest absolute Gasteiger partial charge is 0.182 e. The van der Waals surface area contributed by atoms with Crippen molar-refractivity contribution in [2.24, 2.45) is 5.92 Å². The van der Waals surface area contributed by atoms with E-state index in [2.05, 4.69) is 16.6 Å². The maximum absolute atomic E-state index is 11.7. The molecule has 6 nitrogen and oxygen atoms in total. The fourth-order valence-electron chi connectivity index (χ4n) is 2.01. The summed E-state index contributed by atoms with van der Waals surface area (Å²) in [6.07, 6.45) is 1.99. The average molecular weight is 291 g/mol. The van der Waals surface area contributed by atoms with Crippen LogP contribution < -0.4 is 11.1 Å². The van der Waals surface area contributed by atoms with Crippen molar-refractivity contribution >= 4 is 32.2 Å². The molecule has 2 rings (SSSR count). The van der Waals surface area contributed by atoms with Crippen molar-refractivity contribution in [3.05, 3.63) is 0 Å². The van der Waals surface area contributed by atoms with Gasteiger partial charge in [-0.25, -0.2) is 8.42 Å². The number of nitrogen functional groups attached to an aromatic ring is 1. The second-order valence-corrected chi connectivity index (χ2v) is 7.32. The number of nitrogens with zero attached hydrogens (tertiary/aromatic N) is 1. The molecule has 0 aromatic carbocycles. The molecule has 2 atom stereocenters. The molecule has 0 amide bonds. The average Bonchev–Trinajstić information content (AvgIpc) is 2.62. The van der Waals surface area contributed by atoms with Crippen molar-refractivity contribution < 1.29 is 13.2 Å². The summed E-state index contributed by atoms with van der Waals surface area (Å²) >= 11 is 1.09. The van der Waals surface area contributed by atoms with Crippen LogP contribution in [-0.2, 0) is 14.6 Å². The first-order chi connectivity index (χ1) is 8.39. The summed E-state index contributed by atoms with van der Waals surface area (Å²) in [5.41, 5.74) is 5.62. The van der Waals surface area contributed by atoms with E-state index in [0.29, 0.717) is 24.1 Å². The van der Waals surface area contributed by atoms with Gasteiger partial charge in [0.25, 0.3) is 0 Å². The topological polar surface area (TPSA) is 94.3 Å². The summed E-state index contributed by atoms with van der Waals surface area (Å²) in [7, 11) is -3.36. The number of sulfone groups is 1. The van der Waals surface area contributed by atoms with E-state index in [0.717, 1.165) is 24.2 Å². The van der Waals surface area contributed by atoms with Crippen LogP contribution >= 0.6 is 11.5 Å². The minimum absolute atomic E-state index is 0.0738. The van der Waals surface area contributed by atoms with Crippen LogP contribution in [0, 0.1) is 5.92 Å². The van der Waals surface area contributed by atoms with Gasteiger partial charge < -0.3 is 15.8 Å². The number of nitrogens with two attached hydrogens (primary N) is 1. The summed E-state index contributed by atoms with van der Waals surface area (Å²) in [6.45, 7) is 3.44. The predicted molar refractivity (Wildman–Crippen MR) is 71.6 cm³/mol. The minimum Gasteiger partial charge on any atom is -0.382 e. The maximum atomic E-state index is 11.7. The first-order valence-corrected chi connectivity index (χ1v) is 8.35. The molecule has 2 heterocycles. The Morgan fingerprint density at radius 1 is 1.56 bits per heavy atom. The lowest BCUT2D eigenvalue weighted by atomic mass is 9.98. The van der Waals surface area contributed by atoms with Crippen molar-refractivity contribution in [1.29, 1.82) is 0 Å². The van der Waals surface area contributed by atoms with Gasteiger partial charge in [0, 0.05) is 18.9 Å². The highest BCUT2D eigenvalue weighted by Gasteiger charge is 2.27. The van der Waals surface area contributed by atoms with Crippen LogP contribution in [0.15, 0.2) is 4.90 Å². The Hall–Kier alpha value is -0.860. The SMILES string of the molecule is CC1COCCC1Nc1snc(N)c1S(C)(=O)=O. The third kappa shape index (κ3) is 2.76. The van der Waals surface area contributed by atoms with E-state index in [9.17, 15) is 8.42 Å². The number of anilines is 2. The lowest BCUT2D eigenvalue weighted by Crippen LogP contribution is -2.36. The van der Waals surface area contributed by atoms with Crippen LogP contribution in [0.1, 0.15) is 13.3 Å². The number of aromatic nitrogens is 1. The predicted octanol–water partition coefficient (Wildman–Crippen LogP) is 0.966. The Morgan fingerprint density at radius 2 is 2.28 bits per heavy atom. The first-order valence-electron chi connectivity index (χ1n) is 5.69. The summed E-state index contributed by atoms with van der Waals surface area (Å²) in [5, 5.41) is 3.78. The van der Waals surface area contributed by atoms with Gasteiger partial charge in [0.15, 0.2) is 15.7 Å². The van der Waals surface area contributed by atoms with Gasteiger partial charge in [0.05, 0.1) is 6.61 Å². The first kappa shape index (κ1) is 13.6. The number of hydrogen-bond acceptors (Lipinski definition) is 7. The Morgan fingerprint density at radius 3 is 2.89 bits per heavy atom. The standard InChI is InChI=1S/C10H17N3O3S2/c1-6-5-16-4-3-7(6)12-10-8(18(2,14)15)9(11)13-17-10/h6-7,12H,3-5H2,1-2H3,(H2,11,13). The van der Waals surface area contributed by atoms with Gasteiger partial charge in [-0.05, 0) is 23.9 Å². The van der Waals surface area contributed by atoms with Crippen molar-refractivity contribution in [3.63, 3.8) is 0 Å². The third-order valence-electron chi connectivity index (χ3n) is 3.00. The lowest BCUT2D eigenvalue weighted by Gasteiger charge is -2.29. The van der Waals surface area contributed by atoms with Gasteiger partial charge in [-0.15, -0.1) is 0 Å². The molecule has 0 aliphatic carbocycles. The van der Waals surface area contributed by atoms with Crippen LogP contribution in [-0.4, -0.2) is 38.3 Å². The van der Waals surface area contributed by atoms with Crippen LogP contribution in [0.4, 0.5) is 10.8 Å². The Bertz CT molecular complexity index is 526. The molecule has 2 unspecified atom stereocenters. The molecule has 1 aliphatic heterocycles. The van der Waals surface area contributed by atoms with Crippen molar-refractivity contribution in [1.82, 2.24) is 4.37 Å². The largest absolute Gasteiger partial charge is 0.382 e. The van der Waals surface area contributed by atoms with E-state index in [1.165, 1.54) is 0 Å². The summed E-state index contributed by atoms with van der Waals surface area (Å²) in [4.78, 5) is 0.117. The maximum Gasteiger partial charge on any atom is 0.182 e. The number of rotatable bonds is 3. The Labute approximate surface area is 111 Å². The van der Waals surface area contributed by atoms with Gasteiger partial charge >= 0.3 is 0 Å². The highest BCUT2D eigenvalue weighted by molar-refractivity contribution is 7.91. The van der Waals surface area contributed by atoms with Gasteiger partial charge in [0.1, 0.15) is 9.90 Å². The summed E-state index contributed by atoms with van der Waals surface area (Å²) in [5.74, 6) is 0.402. The van der Waals surface area contributed by atoms with Crippen LogP contribution in [0.2, 0.25) is 0 Å². The molecule has 102 valence electrons. The van der Waals surface area contributed by atoms with Crippen LogP contribution in [0.25, 0.3) is 0 Å². The molecule has 3 N–H and O–H groups in total. The molecular formula is C10H17N3O3S2. The van der Waals surface area contributed by atoms with E-state index in [4.69, 9.17) is 10.5 Å². The van der Waals surface area contributed by atoms with Crippen molar-refractivity contribution in [3.8, 4) is 0 Å². The molecule has 1 fully saturated rings. The zero-order chi connectivity index (χ0) is 13.3. The van der Waals surface area contributed by atoms with Crippen molar-refractivity contribution in [2.75, 3.05) is 30.5 Å². The molecule has 1 aromatic heterocycles. The second kappa shape index (κ2) is 5.02.